The zero-order valence-electron chi connectivity index (χ0n) is 28.6. The van der Waals surface area contributed by atoms with Crippen molar-refractivity contribution in [1.82, 2.24) is 0 Å². The molecule has 0 unspecified atom stereocenters. The minimum atomic E-state index is -0.900. The molecule has 0 spiro atoms. The number of fused-ring (bicyclic) bond motifs is 1. The minimum Gasteiger partial charge on any atom is -0.393 e. The number of ether oxygens (including phenoxy) is 1. The Kier molecular flexibility index (Phi) is 11.2. The second-order valence-corrected chi connectivity index (χ2v) is 14.4. The van der Waals surface area contributed by atoms with Gasteiger partial charge in [-0.05, 0) is 77.0 Å². The Morgan fingerprint density at radius 2 is 1.23 bits per heavy atom. The maximum atomic E-state index is 12.2. The number of allylic oxidation sites excluding steroid dienone is 18. The van der Waals surface area contributed by atoms with E-state index in [0.29, 0.717) is 18.4 Å². The third-order valence-corrected chi connectivity index (χ3v) is 9.38. The van der Waals surface area contributed by atoms with Crippen molar-refractivity contribution < 1.29 is 19.7 Å². The molecule has 3 rings (SSSR count). The molecule has 4 atom stereocenters. The molecule has 1 aliphatic heterocycles. The van der Waals surface area contributed by atoms with Gasteiger partial charge in [0, 0.05) is 11.8 Å². The van der Waals surface area contributed by atoms with Crippen molar-refractivity contribution >= 4 is 5.78 Å². The van der Waals surface area contributed by atoms with Crippen LogP contribution in [-0.2, 0) is 9.53 Å². The molecule has 2 fully saturated rings. The first-order chi connectivity index (χ1) is 20.4. The smallest absolute Gasteiger partial charge is 0.187 e. The number of hydrogen-bond donors (Lipinski definition) is 2. The van der Waals surface area contributed by atoms with Crippen molar-refractivity contribution in [3.05, 3.63) is 119 Å². The number of aliphatic hydroxyl groups is 2. The molecule has 1 saturated heterocycles. The molecule has 2 aliphatic carbocycles. The van der Waals surface area contributed by atoms with Gasteiger partial charge >= 0.3 is 0 Å². The lowest BCUT2D eigenvalue weighted by Gasteiger charge is -2.39. The number of carbonyl (C=O) groups excluding carboxylic acids is 1. The fourth-order valence-corrected chi connectivity index (χ4v) is 6.81. The van der Waals surface area contributed by atoms with Gasteiger partial charge < -0.3 is 14.9 Å². The highest BCUT2D eigenvalue weighted by atomic mass is 16.6. The maximum absolute atomic E-state index is 12.2. The number of rotatable bonds is 10. The van der Waals surface area contributed by atoms with E-state index in [4.69, 9.17) is 4.74 Å². The van der Waals surface area contributed by atoms with Gasteiger partial charge in [0.1, 0.15) is 17.3 Å². The Morgan fingerprint density at radius 1 is 0.727 bits per heavy atom. The lowest BCUT2D eigenvalue weighted by molar-refractivity contribution is -0.125. The predicted molar refractivity (Wildman–Crippen MR) is 184 cm³/mol. The number of aliphatic hydroxyl groups excluding tert-OH is 2. The van der Waals surface area contributed by atoms with E-state index in [1.165, 1.54) is 0 Å². The van der Waals surface area contributed by atoms with E-state index in [-0.39, 0.29) is 33.9 Å². The lowest BCUT2D eigenvalue weighted by Crippen LogP contribution is -2.46. The first kappa shape index (κ1) is 35.4. The van der Waals surface area contributed by atoms with Gasteiger partial charge in [-0.1, -0.05) is 129 Å². The summed E-state index contributed by atoms with van der Waals surface area (Å²) in [6, 6.07) is 0. The van der Waals surface area contributed by atoms with Crippen molar-refractivity contribution in [3.63, 3.8) is 0 Å². The van der Waals surface area contributed by atoms with Gasteiger partial charge in [-0.15, -0.1) is 0 Å². The quantitative estimate of drug-likeness (QED) is 0.195. The minimum absolute atomic E-state index is 0.104. The summed E-state index contributed by atoms with van der Waals surface area (Å²) >= 11 is 0. The SMILES string of the molecule is CC1=C(/C=C/C(C)=C/C=C/C(C)=C/C=C/C=C(C)/C=C/C=C(C)/C=C/[C@@]23O[C@]2(C)C[C@@H](O)CC3(C)C)C(C)(C)C[C@H](O)C1=O. The monoisotopic (exact) mass is 598 g/mol. The van der Waals surface area contributed by atoms with Gasteiger partial charge in [-0.25, -0.2) is 0 Å². The van der Waals surface area contributed by atoms with Gasteiger partial charge in [-0.2, -0.15) is 0 Å². The standard InChI is InChI=1S/C40H54O4/c1-28(17-13-19-30(3)21-22-34-32(5)36(43)35(42)27-37(34,6)7)15-11-12-16-29(2)18-14-20-31(4)23-24-40-38(8,9)25-33(41)26-39(40,10)44-40/h11-24,33,35,41-42H,25-27H2,1-10H3/b12-11+,17-13+,18-14+,22-21+,24-23+,28-15+,29-16+,30-19+,31-20+/t33-,35-,39+,40-/m0/s1. The Hall–Kier alpha value is -3.05. The van der Waals surface area contributed by atoms with E-state index in [1.54, 1.807) is 6.92 Å². The second-order valence-electron chi connectivity index (χ2n) is 14.4. The van der Waals surface area contributed by atoms with Crippen molar-refractivity contribution in [2.24, 2.45) is 10.8 Å². The number of hydrogen-bond acceptors (Lipinski definition) is 4. The van der Waals surface area contributed by atoms with Crippen LogP contribution in [0.4, 0.5) is 0 Å². The predicted octanol–water partition coefficient (Wildman–Crippen LogP) is 8.94. The summed E-state index contributed by atoms with van der Waals surface area (Å²) in [6.45, 7) is 20.7. The van der Waals surface area contributed by atoms with E-state index in [9.17, 15) is 15.0 Å². The average Bonchev–Trinajstić information content (AvgIpc) is 3.53. The molecule has 44 heavy (non-hydrogen) atoms. The normalized spacial score (nSPS) is 31.9. The molecule has 0 bridgehead atoms. The Balaban J connectivity index is 1.51. The topological polar surface area (TPSA) is 70.1 Å². The van der Waals surface area contributed by atoms with Crippen LogP contribution in [0.15, 0.2) is 119 Å². The van der Waals surface area contributed by atoms with E-state index < -0.39 is 6.10 Å². The Labute approximate surface area is 266 Å². The lowest BCUT2D eigenvalue weighted by atomic mass is 9.63. The average molecular weight is 599 g/mol. The summed E-state index contributed by atoms with van der Waals surface area (Å²) in [6.07, 6.45) is 29.8. The Morgan fingerprint density at radius 3 is 1.77 bits per heavy atom. The molecule has 4 nitrogen and oxygen atoms in total. The van der Waals surface area contributed by atoms with Gasteiger partial charge in [-0.3, -0.25) is 4.79 Å². The van der Waals surface area contributed by atoms with Crippen LogP contribution in [0, 0.1) is 10.8 Å². The van der Waals surface area contributed by atoms with Crippen LogP contribution in [0.1, 0.15) is 88.5 Å². The third-order valence-electron chi connectivity index (χ3n) is 9.38. The van der Waals surface area contributed by atoms with Crippen LogP contribution in [0.5, 0.6) is 0 Å². The summed E-state index contributed by atoms with van der Waals surface area (Å²) < 4.78 is 6.24. The fourth-order valence-electron chi connectivity index (χ4n) is 6.81. The van der Waals surface area contributed by atoms with Crippen LogP contribution in [0.25, 0.3) is 0 Å². The van der Waals surface area contributed by atoms with E-state index in [1.807, 2.05) is 37.3 Å². The zero-order chi connectivity index (χ0) is 32.9. The molecule has 2 N–H and O–H groups in total. The molecular weight excluding hydrogens is 544 g/mol. The van der Waals surface area contributed by atoms with Crippen molar-refractivity contribution in [3.8, 4) is 0 Å². The summed E-state index contributed by atoms with van der Waals surface area (Å²) in [4.78, 5) is 12.2. The number of carbonyl (C=O) groups is 1. The molecule has 0 aromatic rings. The molecule has 3 aliphatic rings. The first-order valence-corrected chi connectivity index (χ1v) is 15.8. The third kappa shape index (κ3) is 8.35. The first-order valence-electron chi connectivity index (χ1n) is 15.8. The molecule has 238 valence electrons. The van der Waals surface area contributed by atoms with Gasteiger partial charge in [0.05, 0.1) is 6.10 Å². The highest BCUT2D eigenvalue weighted by molar-refractivity contribution is 6.00. The highest BCUT2D eigenvalue weighted by Crippen LogP contribution is 2.66. The molecular formula is C40H54O4. The van der Waals surface area contributed by atoms with E-state index in [2.05, 4.69) is 110 Å². The molecule has 0 amide bonds. The van der Waals surface area contributed by atoms with Gasteiger partial charge in [0.25, 0.3) is 0 Å². The largest absolute Gasteiger partial charge is 0.393 e. The maximum Gasteiger partial charge on any atom is 0.187 e. The summed E-state index contributed by atoms with van der Waals surface area (Å²) in [5.74, 6) is -0.168. The Bertz CT molecular complexity index is 1410. The van der Waals surface area contributed by atoms with Gasteiger partial charge in [0.15, 0.2) is 5.78 Å². The second kappa shape index (κ2) is 13.9. The summed E-state index contributed by atoms with van der Waals surface area (Å²) in [5.41, 5.74) is 5.26. The van der Waals surface area contributed by atoms with Crippen LogP contribution in [0.3, 0.4) is 0 Å². The summed E-state index contributed by atoms with van der Waals surface area (Å²) in [7, 11) is 0. The zero-order valence-corrected chi connectivity index (χ0v) is 28.6. The number of ketones is 1. The molecule has 0 aromatic heterocycles. The summed E-state index contributed by atoms with van der Waals surface area (Å²) in [5, 5.41) is 20.3. The van der Waals surface area contributed by atoms with Crippen LogP contribution in [-0.4, -0.2) is 39.4 Å². The highest BCUT2D eigenvalue weighted by Gasteiger charge is 2.74. The van der Waals surface area contributed by atoms with Crippen LogP contribution < -0.4 is 0 Å². The number of epoxide rings is 1. The van der Waals surface area contributed by atoms with Crippen molar-refractivity contribution in [2.75, 3.05) is 0 Å². The fraction of sp³-hybridized carbons (Fsp3) is 0.475. The van der Waals surface area contributed by atoms with Crippen LogP contribution in [0.2, 0.25) is 0 Å². The van der Waals surface area contributed by atoms with E-state index in [0.717, 1.165) is 34.3 Å². The van der Waals surface area contributed by atoms with Crippen molar-refractivity contribution in [1.29, 1.82) is 0 Å². The molecule has 0 aromatic carbocycles. The molecule has 1 saturated carbocycles. The number of Topliss-reactive ketones (excluding diaryl/α,β-unsaturated/α-hetero) is 1. The van der Waals surface area contributed by atoms with E-state index >= 15 is 0 Å². The van der Waals surface area contributed by atoms with Gasteiger partial charge in [0.2, 0.25) is 0 Å². The molecule has 0 radical (unpaired) electrons. The van der Waals surface area contributed by atoms with Crippen molar-refractivity contribution in [2.45, 2.75) is 112 Å². The van der Waals surface area contributed by atoms with Crippen LogP contribution >= 0.6 is 0 Å². The molecule has 1 heterocycles. The molecule has 4 heteroatoms.